The summed E-state index contributed by atoms with van der Waals surface area (Å²) in [6, 6.07) is 19.8. The van der Waals surface area contributed by atoms with Crippen LogP contribution in [0.3, 0.4) is 0 Å². The molecule has 2 aliphatic carbocycles. The van der Waals surface area contributed by atoms with E-state index >= 15 is 4.79 Å². The highest BCUT2D eigenvalue weighted by Crippen LogP contribution is 2.63. The number of carbonyl (C=O) groups excluding carboxylic acids is 4. The van der Waals surface area contributed by atoms with Crippen LogP contribution in [0.25, 0.3) is 20.7 Å². The van der Waals surface area contributed by atoms with Crippen LogP contribution in [-0.2, 0) is 32.6 Å². The zero-order chi connectivity index (χ0) is 38.9. The summed E-state index contributed by atoms with van der Waals surface area (Å²) in [5, 5.41) is 16.9. The van der Waals surface area contributed by atoms with E-state index in [1.165, 1.54) is 9.80 Å². The molecule has 1 saturated carbocycles. The maximum absolute atomic E-state index is 15.2. The first kappa shape index (κ1) is 35.6. The summed E-state index contributed by atoms with van der Waals surface area (Å²) in [6.45, 7) is 3.88. The van der Waals surface area contributed by atoms with Crippen LogP contribution < -0.4 is 14.5 Å². The molecular formula is C43H34ClIN4O6S. The van der Waals surface area contributed by atoms with Crippen LogP contribution in [0.4, 0.5) is 11.5 Å². The molecule has 0 spiro atoms. The average molecular weight is 897 g/mol. The van der Waals surface area contributed by atoms with E-state index in [1.807, 2.05) is 50.3 Å². The second kappa shape index (κ2) is 12.6. The van der Waals surface area contributed by atoms with Gasteiger partial charge in [0.1, 0.15) is 23.0 Å². The fourth-order valence-corrected chi connectivity index (χ4v) is 11.8. The normalized spacial score (nSPS) is 26.8. The molecule has 5 aliphatic rings. The zero-order valence-corrected chi connectivity index (χ0v) is 34.2. The summed E-state index contributed by atoms with van der Waals surface area (Å²) in [7, 11) is 1.73. The van der Waals surface area contributed by atoms with Crippen molar-refractivity contribution in [2.75, 3.05) is 9.80 Å². The van der Waals surface area contributed by atoms with Crippen LogP contribution in [0.2, 0.25) is 5.02 Å². The number of phenols is 1. The Bertz CT molecular complexity index is 2670. The van der Waals surface area contributed by atoms with Crippen LogP contribution in [0.1, 0.15) is 30.9 Å². The van der Waals surface area contributed by atoms with E-state index in [0.717, 1.165) is 40.8 Å². The number of carbonyl (C=O) groups is 4. The standard InChI is InChI=1S/C43H34ClIN4O6S/c1-20-29-16-23(44)4-13-34(29)56-38(20)32-18-35(47(3)46-32)49-40(52)31-17-30-27(10-11-28-36(30)41(53)48(39(28)51)25-7-5-24(45)6-8-25)37(43(31,2)42(49)54)22-14-21-15-26(50)9-12-33(21)55-19-22/h4-10,12-13,15-16,18-19,28,30-31,36-37,50H,11,14,17H2,1-3H3/t28-,30+,31-,36-,37-,43+/m0/s1. The molecule has 1 N–H and O–H groups in total. The Morgan fingerprint density at radius 2 is 1.75 bits per heavy atom. The van der Waals surface area contributed by atoms with Crippen molar-refractivity contribution in [1.29, 1.82) is 0 Å². The molecule has 13 heteroatoms. The number of fused-ring (bicyclic) bond motifs is 6. The summed E-state index contributed by atoms with van der Waals surface area (Å²) < 4.78 is 9.77. The molecule has 0 bridgehead atoms. The number of halogens is 2. The number of aromatic hydroxyl groups is 1. The van der Waals surface area contributed by atoms with Crippen molar-refractivity contribution < 1.29 is 29.0 Å². The van der Waals surface area contributed by atoms with E-state index in [1.54, 1.807) is 65.7 Å². The lowest BCUT2D eigenvalue weighted by atomic mass is 9.51. The highest BCUT2D eigenvalue weighted by Gasteiger charge is 2.68. The number of hydrogen-bond acceptors (Lipinski definition) is 8. The maximum Gasteiger partial charge on any atom is 0.242 e. The average Bonchev–Trinajstić information content (AvgIpc) is 3.85. The number of imide groups is 2. The number of anilines is 2. The second-order valence-corrected chi connectivity index (χ2v) is 18.4. The Hall–Kier alpha value is -4.79. The predicted octanol–water partition coefficient (Wildman–Crippen LogP) is 8.36. The Kier molecular flexibility index (Phi) is 8.02. The summed E-state index contributed by atoms with van der Waals surface area (Å²) in [5.74, 6) is -3.39. The van der Waals surface area contributed by atoms with Gasteiger partial charge in [-0.3, -0.25) is 28.8 Å². The lowest BCUT2D eigenvalue weighted by molar-refractivity contribution is -0.132. The van der Waals surface area contributed by atoms with Crippen molar-refractivity contribution in [2.45, 2.75) is 33.1 Å². The third-order valence-electron chi connectivity index (χ3n) is 12.7. The van der Waals surface area contributed by atoms with Crippen LogP contribution >= 0.6 is 45.5 Å². The number of allylic oxidation sites excluding steroid dienone is 3. The smallest absolute Gasteiger partial charge is 0.242 e. The molecule has 3 aliphatic heterocycles. The van der Waals surface area contributed by atoms with Gasteiger partial charge in [-0.1, -0.05) is 23.3 Å². The fourth-order valence-electron chi connectivity index (χ4n) is 10.1. The number of phenolic OH excluding ortho intramolecular Hbond substituents is 1. The first-order valence-corrected chi connectivity index (χ1v) is 20.7. The highest BCUT2D eigenvalue weighted by atomic mass is 127. The van der Waals surface area contributed by atoms with E-state index in [4.69, 9.17) is 21.4 Å². The summed E-state index contributed by atoms with van der Waals surface area (Å²) in [5.41, 5.74) is 3.31. The number of thiophene rings is 1. The van der Waals surface area contributed by atoms with Crippen molar-refractivity contribution in [3.05, 3.63) is 110 Å². The molecule has 10 rings (SSSR count). The molecule has 3 fully saturated rings. The van der Waals surface area contributed by atoms with Gasteiger partial charge in [-0.2, -0.15) is 5.10 Å². The number of ether oxygens (including phenoxy) is 1. The third kappa shape index (κ3) is 5.00. The Morgan fingerprint density at radius 1 is 0.964 bits per heavy atom. The number of rotatable bonds is 4. The molecule has 56 heavy (non-hydrogen) atoms. The molecule has 2 aromatic heterocycles. The monoisotopic (exact) mass is 896 g/mol. The molecule has 0 unspecified atom stereocenters. The van der Waals surface area contributed by atoms with Crippen molar-refractivity contribution in [3.63, 3.8) is 0 Å². The van der Waals surface area contributed by atoms with Gasteiger partial charge < -0.3 is 9.84 Å². The molecule has 6 atom stereocenters. The van der Waals surface area contributed by atoms with Crippen molar-refractivity contribution >= 4 is 90.7 Å². The van der Waals surface area contributed by atoms with Crippen molar-refractivity contribution in [1.82, 2.24) is 9.78 Å². The van der Waals surface area contributed by atoms with Gasteiger partial charge in [-0.05, 0) is 132 Å². The minimum atomic E-state index is -1.26. The molecule has 5 aromatic rings. The van der Waals surface area contributed by atoms with Gasteiger partial charge in [0.15, 0.2) is 0 Å². The first-order chi connectivity index (χ1) is 26.8. The van der Waals surface area contributed by atoms with Crippen LogP contribution in [0.15, 0.2) is 90.2 Å². The van der Waals surface area contributed by atoms with E-state index in [2.05, 4.69) is 22.6 Å². The van der Waals surface area contributed by atoms with Gasteiger partial charge in [0.25, 0.3) is 0 Å². The van der Waals surface area contributed by atoms with Crippen molar-refractivity contribution in [2.24, 2.45) is 42.1 Å². The number of amides is 4. The zero-order valence-electron chi connectivity index (χ0n) is 30.5. The van der Waals surface area contributed by atoms with Crippen LogP contribution in [0.5, 0.6) is 11.5 Å². The third-order valence-corrected chi connectivity index (χ3v) is 15.0. The fraction of sp³-hybridized carbons (Fsp3) is 0.279. The first-order valence-electron chi connectivity index (χ1n) is 18.5. The van der Waals surface area contributed by atoms with E-state index in [9.17, 15) is 19.5 Å². The Labute approximate surface area is 344 Å². The highest BCUT2D eigenvalue weighted by molar-refractivity contribution is 14.1. The lowest BCUT2D eigenvalue weighted by Gasteiger charge is -2.49. The quantitative estimate of drug-likeness (QED) is 0.109. The largest absolute Gasteiger partial charge is 0.508 e. The number of nitrogens with zero attached hydrogens (tertiary/aromatic N) is 4. The maximum atomic E-state index is 15.2. The number of benzene rings is 3. The number of aryl methyl sites for hydroxylation is 2. The van der Waals surface area contributed by atoms with Gasteiger partial charge in [0.2, 0.25) is 23.6 Å². The van der Waals surface area contributed by atoms with Crippen LogP contribution in [-0.4, -0.2) is 38.5 Å². The molecular weight excluding hydrogens is 863 g/mol. The molecule has 3 aromatic carbocycles. The molecule has 2 saturated heterocycles. The lowest BCUT2D eigenvalue weighted by Crippen LogP contribution is -2.51. The van der Waals surface area contributed by atoms with E-state index in [-0.39, 0.29) is 35.8 Å². The number of aromatic nitrogens is 2. The molecule has 4 amide bonds. The van der Waals surface area contributed by atoms with Crippen molar-refractivity contribution in [3.8, 4) is 22.1 Å². The summed E-state index contributed by atoms with van der Waals surface area (Å²) in [4.78, 5) is 62.3. The van der Waals surface area contributed by atoms with Gasteiger partial charge >= 0.3 is 0 Å². The van der Waals surface area contributed by atoms with E-state index in [0.29, 0.717) is 40.8 Å². The van der Waals surface area contributed by atoms with Gasteiger partial charge in [-0.15, -0.1) is 11.3 Å². The predicted molar refractivity (Wildman–Crippen MR) is 221 cm³/mol. The SMILES string of the molecule is Cc1c(-c2cc(N3C(=O)[C@@H]4C[C@@H]5C(=CC[C@@H]6C(=O)N(c7ccc(I)cc7)C(=O)[C@@H]65)[C@H](C5=COc6ccc(O)cc6C5)[C@]4(C)C3=O)n(C)n2)sc2ccc(Cl)cc12. The summed E-state index contributed by atoms with van der Waals surface area (Å²) >= 11 is 10.1. The van der Waals surface area contributed by atoms with E-state index < -0.39 is 35.0 Å². The Morgan fingerprint density at radius 3 is 2.54 bits per heavy atom. The summed E-state index contributed by atoms with van der Waals surface area (Å²) in [6.07, 6.45) is 4.64. The Balaban J connectivity index is 1.08. The van der Waals surface area contributed by atoms with Gasteiger partial charge in [-0.25, -0.2) is 4.90 Å². The number of hydrogen-bond donors (Lipinski definition) is 1. The molecule has 5 heterocycles. The molecule has 10 nitrogen and oxygen atoms in total. The topological polar surface area (TPSA) is 122 Å². The van der Waals surface area contributed by atoms with Gasteiger partial charge in [0.05, 0.1) is 40.0 Å². The minimum absolute atomic E-state index is 0.0898. The molecule has 0 radical (unpaired) electrons. The second-order valence-electron chi connectivity index (χ2n) is 15.6. The van der Waals surface area contributed by atoms with Gasteiger partial charge in [0, 0.05) is 44.3 Å². The minimum Gasteiger partial charge on any atom is -0.508 e. The van der Waals surface area contributed by atoms with Crippen LogP contribution in [0, 0.1) is 45.5 Å². The molecule has 282 valence electrons.